The highest BCUT2D eigenvalue weighted by atomic mass is 15.3. The van der Waals surface area contributed by atoms with E-state index in [9.17, 15) is 0 Å². The van der Waals surface area contributed by atoms with E-state index in [4.69, 9.17) is 0 Å². The minimum absolute atomic E-state index is 0.954. The van der Waals surface area contributed by atoms with Crippen molar-refractivity contribution < 1.29 is 0 Å². The molecule has 0 radical (unpaired) electrons. The van der Waals surface area contributed by atoms with Crippen LogP contribution in [0, 0.1) is 13.8 Å². The molecule has 2 aromatic rings. The Balaban J connectivity index is 2.48. The molecule has 0 aliphatic carbocycles. The molecule has 0 saturated heterocycles. The zero-order valence-corrected chi connectivity index (χ0v) is 11.6. The van der Waals surface area contributed by atoms with Crippen molar-refractivity contribution in [1.29, 1.82) is 0 Å². The van der Waals surface area contributed by atoms with Gasteiger partial charge in [-0.15, -0.1) is 0 Å². The molecule has 1 aromatic carbocycles. The molecular weight excluding hydrogens is 222 g/mol. The van der Waals surface area contributed by atoms with Crippen molar-refractivity contribution in [3.8, 4) is 11.1 Å². The molecule has 1 N–H and O–H groups in total. The van der Waals surface area contributed by atoms with E-state index in [1.807, 2.05) is 18.8 Å². The zero-order chi connectivity index (χ0) is 13.1. The molecule has 1 aromatic heterocycles. The molecule has 0 spiro atoms. The van der Waals surface area contributed by atoms with Crippen LogP contribution in [0.25, 0.3) is 11.1 Å². The molecule has 2 rings (SSSR count). The highest BCUT2D eigenvalue weighted by Gasteiger charge is 2.14. The molecule has 96 valence electrons. The van der Waals surface area contributed by atoms with E-state index < -0.39 is 0 Å². The van der Waals surface area contributed by atoms with Crippen molar-refractivity contribution in [2.45, 2.75) is 20.3 Å². The van der Waals surface area contributed by atoms with Crippen molar-refractivity contribution in [3.63, 3.8) is 0 Å². The first-order valence-electron chi connectivity index (χ1n) is 6.37. The summed E-state index contributed by atoms with van der Waals surface area (Å²) in [5.74, 6) is 0. The van der Waals surface area contributed by atoms with Gasteiger partial charge in [0, 0.05) is 31.3 Å². The van der Waals surface area contributed by atoms with Gasteiger partial charge in [0.15, 0.2) is 0 Å². The van der Waals surface area contributed by atoms with Gasteiger partial charge in [-0.3, -0.25) is 4.68 Å². The Morgan fingerprint density at radius 3 is 2.72 bits per heavy atom. The van der Waals surface area contributed by atoms with Gasteiger partial charge in [0.05, 0.1) is 5.69 Å². The monoisotopic (exact) mass is 243 g/mol. The third-order valence-corrected chi connectivity index (χ3v) is 3.33. The van der Waals surface area contributed by atoms with Crippen LogP contribution in [-0.4, -0.2) is 23.4 Å². The normalized spacial score (nSPS) is 10.9. The predicted molar refractivity (Wildman–Crippen MR) is 75.7 cm³/mol. The molecule has 1 heterocycles. The highest BCUT2D eigenvalue weighted by molar-refractivity contribution is 5.69. The molecule has 0 saturated carbocycles. The smallest absolute Gasteiger partial charge is 0.0718 e. The zero-order valence-electron chi connectivity index (χ0n) is 11.6. The van der Waals surface area contributed by atoms with Crippen molar-refractivity contribution in [2.24, 2.45) is 7.05 Å². The van der Waals surface area contributed by atoms with Crippen LogP contribution in [0.1, 0.15) is 17.0 Å². The lowest BCUT2D eigenvalue weighted by molar-refractivity contribution is 0.703. The summed E-state index contributed by atoms with van der Waals surface area (Å²) >= 11 is 0. The number of likely N-dealkylation sites (N-methyl/N-ethyl adjacent to an activating group) is 1. The number of hydrogen-bond donors (Lipinski definition) is 1. The first-order chi connectivity index (χ1) is 8.63. The molecular formula is C15H21N3. The third kappa shape index (κ3) is 2.46. The maximum atomic E-state index is 4.63. The van der Waals surface area contributed by atoms with Crippen LogP contribution in [0.3, 0.4) is 0 Å². The molecule has 0 aliphatic rings. The first-order valence-corrected chi connectivity index (χ1v) is 6.37. The summed E-state index contributed by atoms with van der Waals surface area (Å²) in [6.07, 6.45) is 0.960. The van der Waals surface area contributed by atoms with Crippen molar-refractivity contribution >= 4 is 0 Å². The third-order valence-electron chi connectivity index (χ3n) is 3.33. The second-order valence-electron chi connectivity index (χ2n) is 4.75. The van der Waals surface area contributed by atoms with Crippen LogP contribution in [-0.2, 0) is 13.5 Å². The largest absolute Gasteiger partial charge is 0.319 e. The summed E-state index contributed by atoms with van der Waals surface area (Å²) in [5.41, 5.74) is 6.25. The van der Waals surface area contributed by atoms with Gasteiger partial charge in [-0.1, -0.05) is 29.8 Å². The summed E-state index contributed by atoms with van der Waals surface area (Å²) in [7, 11) is 3.99. The van der Waals surface area contributed by atoms with Gasteiger partial charge in [-0.25, -0.2) is 0 Å². The summed E-state index contributed by atoms with van der Waals surface area (Å²) < 4.78 is 1.97. The Kier molecular flexibility index (Phi) is 3.82. The number of nitrogens with zero attached hydrogens (tertiary/aromatic N) is 2. The summed E-state index contributed by atoms with van der Waals surface area (Å²) in [5, 5.41) is 7.82. The van der Waals surface area contributed by atoms with Crippen LogP contribution >= 0.6 is 0 Å². The lowest BCUT2D eigenvalue weighted by Crippen LogP contribution is -2.11. The average molecular weight is 243 g/mol. The second-order valence-corrected chi connectivity index (χ2v) is 4.75. The Morgan fingerprint density at radius 1 is 1.28 bits per heavy atom. The Morgan fingerprint density at radius 2 is 2.06 bits per heavy atom. The molecule has 0 bridgehead atoms. The van der Waals surface area contributed by atoms with Gasteiger partial charge < -0.3 is 5.32 Å². The van der Waals surface area contributed by atoms with Crippen LogP contribution < -0.4 is 5.32 Å². The standard InChI is InChI=1S/C15H21N3/c1-11-6-5-7-13(10-11)15-12(2)18(4)17-14(15)8-9-16-3/h5-7,10,16H,8-9H2,1-4H3. The van der Waals surface area contributed by atoms with Crippen LogP contribution in [0.15, 0.2) is 24.3 Å². The van der Waals surface area contributed by atoms with E-state index in [2.05, 4.69) is 48.5 Å². The van der Waals surface area contributed by atoms with Gasteiger partial charge in [0.1, 0.15) is 0 Å². The van der Waals surface area contributed by atoms with E-state index in [0.717, 1.165) is 13.0 Å². The Hall–Kier alpha value is -1.61. The SMILES string of the molecule is CNCCc1nn(C)c(C)c1-c1cccc(C)c1. The number of nitrogens with one attached hydrogen (secondary N) is 1. The van der Waals surface area contributed by atoms with Crippen molar-refractivity contribution in [2.75, 3.05) is 13.6 Å². The van der Waals surface area contributed by atoms with Crippen LogP contribution in [0.2, 0.25) is 0 Å². The fourth-order valence-corrected chi connectivity index (χ4v) is 2.27. The van der Waals surface area contributed by atoms with Gasteiger partial charge in [-0.2, -0.15) is 5.10 Å². The summed E-state index contributed by atoms with van der Waals surface area (Å²) in [6, 6.07) is 8.63. The van der Waals surface area contributed by atoms with Gasteiger partial charge >= 0.3 is 0 Å². The van der Waals surface area contributed by atoms with Crippen molar-refractivity contribution in [3.05, 3.63) is 41.2 Å². The number of aromatic nitrogens is 2. The second kappa shape index (κ2) is 5.36. The Bertz CT molecular complexity index is 541. The minimum atomic E-state index is 0.954. The number of benzene rings is 1. The number of rotatable bonds is 4. The van der Waals surface area contributed by atoms with E-state index in [0.29, 0.717) is 0 Å². The minimum Gasteiger partial charge on any atom is -0.319 e. The highest BCUT2D eigenvalue weighted by Crippen LogP contribution is 2.27. The fraction of sp³-hybridized carbons (Fsp3) is 0.400. The lowest BCUT2D eigenvalue weighted by Gasteiger charge is -2.05. The van der Waals surface area contributed by atoms with Crippen LogP contribution in [0.5, 0.6) is 0 Å². The molecule has 3 heteroatoms. The molecule has 0 atom stereocenters. The van der Waals surface area contributed by atoms with E-state index in [1.54, 1.807) is 0 Å². The van der Waals surface area contributed by atoms with Crippen molar-refractivity contribution in [1.82, 2.24) is 15.1 Å². The van der Waals surface area contributed by atoms with E-state index in [-0.39, 0.29) is 0 Å². The Labute approximate surface area is 109 Å². The molecule has 3 nitrogen and oxygen atoms in total. The number of hydrogen-bond acceptors (Lipinski definition) is 2. The van der Waals surface area contributed by atoms with E-state index >= 15 is 0 Å². The first kappa shape index (κ1) is 12.8. The van der Waals surface area contributed by atoms with Gasteiger partial charge in [0.25, 0.3) is 0 Å². The average Bonchev–Trinajstić information content (AvgIpc) is 2.62. The van der Waals surface area contributed by atoms with E-state index in [1.165, 1.54) is 28.1 Å². The molecule has 18 heavy (non-hydrogen) atoms. The lowest BCUT2D eigenvalue weighted by atomic mass is 10.0. The van der Waals surface area contributed by atoms with Gasteiger partial charge in [0.2, 0.25) is 0 Å². The maximum Gasteiger partial charge on any atom is 0.0718 e. The topological polar surface area (TPSA) is 29.9 Å². The predicted octanol–water partition coefficient (Wildman–Crippen LogP) is 2.47. The van der Waals surface area contributed by atoms with Crippen LogP contribution in [0.4, 0.5) is 0 Å². The summed E-state index contributed by atoms with van der Waals surface area (Å²) in [6.45, 7) is 5.21. The van der Waals surface area contributed by atoms with Gasteiger partial charge in [-0.05, 0) is 26.5 Å². The molecule has 0 unspecified atom stereocenters. The molecule has 0 aliphatic heterocycles. The molecule has 0 amide bonds. The quantitative estimate of drug-likeness (QED) is 0.894. The summed E-state index contributed by atoms with van der Waals surface area (Å²) in [4.78, 5) is 0. The maximum absolute atomic E-state index is 4.63. The number of aryl methyl sites for hydroxylation is 2. The molecule has 0 fully saturated rings. The fourth-order valence-electron chi connectivity index (χ4n) is 2.27.